The molecule has 1 aliphatic rings. The number of carboxylic acid groups (broad SMARTS) is 1. The Kier molecular flexibility index (Phi) is 7.04. The summed E-state index contributed by atoms with van der Waals surface area (Å²) < 4.78 is 5.38. The van der Waals surface area contributed by atoms with Crippen LogP contribution in [0.3, 0.4) is 0 Å². The van der Waals surface area contributed by atoms with E-state index >= 15 is 0 Å². The summed E-state index contributed by atoms with van der Waals surface area (Å²) in [6.07, 6.45) is 0.577. The van der Waals surface area contributed by atoms with Crippen molar-refractivity contribution < 1.29 is 29.3 Å². The molecule has 0 fully saturated rings. The number of ether oxygens (including phenoxy) is 1. The van der Waals surface area contributed by atoms with E-state index in [1.165, 1.54) is 13.0 Å². The van der Waals surface area contributed by atoms with E-state index in [0.717, 1.165) is 28.3 Å². The summed E-state index contributed by atoms with van der Waals surface area (Å²) in [5.74, 6) is -2.08. The molecule has 0 heterocycles. The SMILES string of the molecule is C[C@@H](O)[C@H](NC(=O)/C=C/CNC(=O)OCC1c2ccccc2-c2ccccc21)C(=O)O. The predicted molar refractivity (Wildman–Crippen MR) is 113 cm³/mol. The lowest BCUT2D eigenvalue weighted by atomic mass is 9.98. The number of hydrogen-bond acceptors (Lipinski definition) is 5. The molecule has 2 aromatic carbocycles. The van der Waals surface area contributed by atoms with Crippen LogP contribution in [0.1, 0.15) is 24.0 Å². The summed E-state index contributed by atoms with van der Waals surface area (Å²) in [4.78, 5) is 34.7. The number of carbonyl (C=O) groups excluding carboxylic acids is 2. The molecule has 0 radical (unpaired) electrons. The van der Waals surface area contributed by atoms with Crippen molar-refractivity contribution in [3.8, 4) is 11.1 Å². The van der Waals surface area contributed by atoms with Gasteiger partial charge >= 0.3 is 12.1 Å². The zero-order valence-electron chi connectivity index (χ0n) is 16.9. The van der Waals surface area contributed by atoms with Gasteiger partial charge in [0.2, 0.25) is 5.91 Å². The number of amides is 2. The van der Waals surface area contributed by atoms with E-state index in [-0.39, 0.29) is 19.1 Å². The van der Waals surface area contributed by atoms with Crippen LogP contribution < -0.4 is 10.6 Å². The van der Waals surface area contributed by atoms with E-state index in [1.807, 2.05) is 36.4 Å². The third kappa shape index (κ3) is 5.29. The molecule has 0 aliphatic heterocycles. The number of nitrogens with one attached hydrogen (secondary N) is 2. The van der Waals surface area contributed by atoms with Crippen molar-refractivity contribution in [2.24, 2.45) is 0 Å². The number of aliphatic carboxylic acids is 1. The van der Waals surface area contributed by atoms with Crippen LogP contribution in [0.5, 0.6) is 0 Å². The number of aliphatic hydroxyl groups is 1. The number of benzene rings is 2. The first-order chi connectivity index (χ1) is 14.9. The highest BCUT2D eigenvalue weighted by atomic mass is 16.5. The lowest BCUT2D eigenvalue weighted by Gasteiger charge is -2.15. The number of fused-ring (bicyclic) bond motifs is 3. The molecule has 2 amide bonds. The molecule has 0 spiro atoms. The second-order valence-corrected chi connectivity index (χ2v) is 7.17. The van der Waals surface area contributed by atoms with E-state index in [9.17, 15) is 19.5 Å². The van der Waals surface area contributed by atoms with Crippen LogP contribution in [0.15, 0.2) is 60.7 Å². The molecule has 0 saturated heterocycles. The lowest BCUT2D eigenvalue weighted by Crippen LogP contribution is -2.47. The van der Waals surface area contributed by atoms with Crippen molar-refractivity contribution in [2.75, 3.05) is 13.2 Å². The lowest BCUT2D eigenvalue weighted by molar-refractivity contribution is -0.144. The standard InChI is InChI=1S/C23H24N2O6/c1-14(26)21(22(28)29)25-20(27)11-6-12-24-23(30)31-13-19-17-9-4-2-7-15(17)16-8-3-5-10-18(16)19/h2-11,14,19,21,26H,12-13H2,1H3,(H,24,30)(H,25,27)(H,28,29)/b11-6+/t14-,21+/m1/s1. The number of rotatable bonds is 8. The zero-order valence-corrected chi connectivity index (χ0v) is 16.9. The highest BCUT2D eigenvalue weighted by molar-refractivity contribution is 5.91. The zero-order chi connectivity index (χ0) is 22.4. The molecule has 0 unspecified atom stereocenters. The van der Waals surface area contributed by atoms with Gasteiger partial charge in [0.15, 0.2) is 6.04 Å². The molecule has 8 heteroatoms. The van der Waals surface area contributed by atoms with Gasteiger partial charge in [-0.3, -0.25) is 4.79 Å². The third-order valence-electron chi connectivity index (χ3n) is 5.02. The average molecular weight is 424 g/mol. The molecule has 2 aromatic rings. The van der Waals surface area contributed by atoms with E-state index in [2.05, 4.69) is 22.8 Å². The van der Waals surface area contributed by atoms with Crippen LogP contribution in [0, 0.1) is 0 Å². The molecule has 0 aromatic heterocycles. The largest absolute Gasteiger partial charge is 0.480 e. The van der Waals surface area contributed by atoms with Crippen LogP contribution in [-0.2, 0) is 14.3 Å². The van der Waals surface area contributed by atoms with Gasteiger partial charge in [0.1, 0.15) is 6.61 Å². The van der Waals surface area contributed by atoms with E-state index < -0.39 is 30.1 Å². The first-order valence-corrected chi connectivity index (χ1v) is 9.85. The highest BCUT2D eigenvalue weighted by Gasteiger charge is 2.29. The molecule has 31 heavy (non-hydrogen) atoms. The summed E-state index contributed by atoms with van der Waals surface area (Å²) >= 11 is 0. The Labute approximate surface area is 179 Å². The molecule has 3 rings (SSSR count). The number of hydrogen-bond donors (Lipinski definition) is 4. The maximum atomic E-state index is 12.0. The molecule has 4 N–H and O–H groups in total. The van der Waals surface area contributed by atoms with E-state index in [0.29, 0.717) is 0 Å². The fourth-order valence-electron chi connectivity index (χ4n) is 3.55. The monoisotopic (exact) mass is 424 g/mol. The van der Waals surface area contributed by atoms with Gasteiger partial charge in [-0.2, -0.15) is 0 Å². The van der Waals surface area contributed by atoms with Crippen molar-refractivity contribution in [3.63, 3.8) is 0 Å². The topological polar surface area (TPSA) is 125 Å². The fraction of sp³-hybridized carbons (Fsp3) is 0.261. The Hall–Kier alpha value is -3.65. The van der Waals surface area contributed by atoms with Crippen LogP contribution in [0.2, 0.25) is 0 Å². The van der Waals surface area contributed by atoms with Gasteiger partial charge in [-0.25, -0.2) is 9.59 Å². The molecule has 162 valence electrons. The number of carboxylic acids is 1. The van der Waals surface area contributed by atoms with Crippen molar-refractivity contribution in [1.29, 1.82) is 0 Å². The van der Waals surface area contributed by atoms with Crippen molar-refractivity contribution in [2.45, 2.75) is 25.0 Å². The third-order valence-corrected chi connectivity index (χ3v) is 5.02. The molecule has 1 aliphatic carbocycles. The fourth-order valence-corrected chi connectivity index (χ4v) is 3.55. The van der Waals surface area contributed by atoms with Gasteiger partial charge in [-0.15, -0.1) is 0 Å². The first-order valence-electron chi connectivity index (χ1n) is 9.85. The van der Waals surface area contributed by atoms with Gasteiger partial charge in [-0.05, 0) is 29.2 Å². The van der Waals surface area contributed by atoms with Crippen LogP contribution in [0.4, 0.5) is 4.79 Å². The van der Waals surface area contributed by atoms with Crippen molar-refractivity contribution in [1.82, 2.24) is 10.6 Å². The maximum absolute atomic E-state index is 12.0. The molecular formula is C23H24N2O6. The quantitative estimate of drug-likeness (QED) is 0.481. The Balaban J connectivity index is 1.49. The van der Waals surface area contributed by atoms with Crippen LogP contribution >= 0.6 is 0 Å². The highest BCUT2D eigenvalue weighted by Crippen LogP contribution is 2.44. The van der Waals surface area contributed by atoms with Crippen LogP contribution in [0.25, 0.3) is 11.1 Å². The number of aliphatic hydroxyl groups excluding tert-OH is 1. The Morgan fingerprint density at radius 3 is 2.19 bits per heavy atom. The Morgan fingerprint density at radius 1 is 1.06 bits per heavy atom. The summed E-state index contributed by atoms with van der Waals surface area (Å²) in [5, 5.41) is 23.0. The second kappa shape index (κ2) is 9.90. The number of alkyl carbamates (subject to hydrolysis) is 1. The summed E-state index contributed by atoms with van der Waals surface area (Å²) in [6.45, 7) is 1.47. The molecule has 8 nitrogen and oxygen atoms in total. The van der Waals surface area contributed by atoms with Gasteiger partial charge in [0.05, 0.1) is 6.10 Å². The summed E-state index contributed by atoms with van der Waals surface area (Å²) in [5.41, 5.74) is 4.49. The molecule has 2 atom stereocenters. The van der Waals surface area contributed by atoms with Crippen molar-refractivity contribution in [3.05, 3.63) is 71.8 Å². The summed E-state index contributed by atoms with van der Waals surface area (Å²) in [7, 11) is 0. The normalized spacial score (nSPS) is 14.4. The average Bonchev–Trinajstić information content (AvgIpc) is 3.07. The molecule has 0 bridgehead atoms. The minimum atomic E-state index is -1.41. The summed E-state index contributed by atoms with van der Waals surface area (Å²) in [6, 6.07) is 14.6. The van der Waals surface area contributed by atoms with Gasteiger partial charge in [0.25, 0.3) is 0 Å². The van der Waals surface area contributed by atoms with Gasteiger partial charge < -0.3 is 25.6 Å². The van der Waals surface area contributed by atoms with Crippen molar-refractivity contribution >= 4 is 18.0 Å². The molecular weight excluding hydrogens is 400 g/mol. The molecule has 0 saturated carbocycles. The van der Waals surface area contributed by atoms with Gasteiger partial charge in [0, 0.05) is 18.5 Å². The van der Waals surface area contributed by atoms with E-state index in [4.69, 9.17) is 9.84 Å². The first kappa shape index (κ1) is 22.0. The predicted octanol–water partition coefficient (Wildman–Crippen LogP) is 2.03. The second-order valence-electron chi connectivity index (χ2n) is 7.17. The van der Waals surface area contributed by atoms with Crippen LogP contribution in [-0.4, -0.2) is 53.5 Å². The Bertz CT molecular complexity index is 956. The minimum Gasteiger partial charge on any atom is -0.480 e. The minimum absolute atomic E-state index is 0.0243. The Morgan fingerprint density at radius 2 is 1.65 bits per heavy atom. The maximum Gasteiger partial charge on any atom is 0.407 e. The van der Waals surface area contributed by atoms with E-state index in [1.54, 1.807) is 0 Å². The smallest absolute Gasteiger partial charge is 0.407 e. The number of carbonyl (C=O) groups is 3. The van der Waals surface area contributed by atoms with Gasteiger partial charge in [-0.1, -0.05) is 54.6 Å².